The fourth-order valence-corrected chi connectivity index (χ4v) is 5.80. The Labute approximate surface area is 255 Å². The summed E-state index contributed by atoms with van der Waals surface area (Å²) in [6, 6.07) is 2.52. The smallest absolute Gasteiger partial charge is 0.409 e. The molecule has 236 valence electrons. The van der Waals surface area contributed by atoms with Crippen molar-refractivity contribution in [2.45, 2.75) is 88.7 Å². The molecule has 12 nitrogen and oxygen atoms in total. The van der Waals surface area contributed by atoms with Crippen molar-refractivity contribution in [1.29, 1.82) is 0 Å². The predicted octanol–water partition coefficient (Wildman–Crippen LogP) is 2.32. The molecule has 5 N–H and O–H groups in total. The number of phenols is 1. The standard InChI is InChI=1S/C30H40ClN3O9/c1-15-8-7-9-22(36)30(40)14-21(41-28(39)33-30)16(2)26-29(4,43-26)23(42-27(38)17(3)32-5)13-24(37)34(6)19-11-18(10-15)12-20(35)25(19)31/h7-9,11-12,16-17,21-23,26,32,35-36,40H,10,13-14H2,1-6H3,(H,33,39)/b9-7+,15-8+. The Morgan fingerprint density at radius 1 is 1.33 bits per heavy atom. The number of hydrogen-bond acceptors (Lipinski definition) is 10. The highest BCUT2D eigenvalue weighted by atomic mass is 35.5. The first-order valence-corrected chi connectivity index (χ1v) is 14.5. The molecule has 3 aliphatic rings. The number of amides is 2. The van der Waals surface area contributed by atoms with Crippen molar-refractivity contribution in [3.05, 3.63) is 46.5 Å². The number of anilines is 1. The van der Waals surface area contributed by atoms with Crippen LogP contribution in [0.3, 0.4) is 0 Å². The van der Waals surface area contributed by atoms with Crippen LogP contribution in [0.25, 0.3) is 0 Å². The fourth-order valence-electron chi connectivity index (χ4n) is 5.57. The van der Waals surface area contributed by atoms with Crippen LogP contribution < -0.4 is 15.5 Å². The fraction of sp³-hybridized carbons (Fsp3) is 0.567. The van der Waals surface area contributed by atoms with E-state index in [4.69, 9.17) is 25.8 Å². The van der Waals surface area contributed by atoms with Gasteiger partial charge in [0.2, 0.25) is 5.91 Å². The minimum Gasteiger partial charge on any atom is -0.506 e. The van der Waals surface area contributed by atoms with Crippen molar-refractivity contribution in [1.82, 2.24) is 10.6 Å². The number of aliphatic hydroxyl groups excluding tert-OH is 1. The van der Waals surface area contributed by atoms with Gasteiger partial charge in [0, 0.05) is 19.4 Å². The molecule has 0 aromatic heterocycles. The number of likely N-dealkylation sites (N-methyl/N-ethyl adjacent to an activating group) is 1. The maximum absolute atomic E-state index is 13.7. The summed E-state index contributed by atoms with van der Waals surface area (Å²) in [4.78, 5) is 40.3. The summed E-state index contributed by atoms with van der Waals surface area (Å²) in [5.74, 6) is -1.78. The Morgan fingerprint density at radius 2 is 2.02 bits per heavy atom. The Morgan fingerprint density at radius 3 is 2.70 bits per heavy atom. The van der Waals surface area contributed by atoms with Crippen LogP contribution in [0.2, 0.25) is 5.02 Å². The van der Waals surface area contributed by atoms with E-state index in [-0.39, 0.29) is 29.3 Å². The van der Waals surface area contributed by atoms with Crippen LogP contribution in [-0.2, 0) is 30.2 Å². The summed E-state index contributed by atoms with van der Waals surface area (Å²) in [6.45, 7) is 6.91. The molecule has 43 heavy (non-hydrogen) atoms. The monoisotopic (exact) mass is 621 g/mol. The number of allylic oxidation sites excluding steroid dienone is 3. The Bertz CT molecular complexity index is 1340. The first-order valence-electron chi connectivity index (χ1n) is 14.2. The lowest BCUT2D eigenvalue weighted by Crippen LogP contribution is -2.63. The third-order valence-corrected chi connectivity index (χ3v) is 8.95. The van der Waals surface area contributed by atoms with Crippen molar-refractivity contribution in [2.75, 3.05) is 19.0 Å². The van der Waals surface area contributed by atoms with E-state index in [1.54, 1.807) is 46.0 Å². The molecule has 2 amide bonds. The quantitative estimate of drug-likeness (QED) is 0.249. The van der Waals surface area contributed by atoms with Gasteiger partial charge in [-0.3, -0.25) is 14.9 Å². The lowest BCUT2D eigenvalue weighted by molar-refractivity contribution is -0.155. The molecule has 4 bridgehead atoms. The number of carbonyl (C=O) groups excluding carboxylic acids is 3. The van der Waals surface area contributed by atoms with Crippen LogP contribution in [0.4, 0.5) is 10.5 Å². The number of halogens is 1. The van der Waals surface area contributed by atoms with Crippen LogP contribution in [0, 0.1) is 5.92 Å². The number of esters is 1. The SMILES string of the molecule is CNC(C)C(=O)OC1CC(=O)N(C)c2cc(cc(O)c2Cl)C/C(C)=C/C=C/C(O)C2(O)CC(OC(=O)N2)C(C)C2OC12C. The summed E-state index contributed by atoms with van der Waals surface area (Å²) in [5.41, 5.74) is -1.41. The summed E-state index contributed by atoms with van der Waals surface area (Å²) in [6.07, 6.45) is -0.367. The van der Waals surface area contributed by atoms with Gasteiger partial charge in [-0.1, -0.05) is 42.3 Å². The number of alkyl carbamates (subject to hydrolysis) is 1. The Kier molecular flexibility index (Phi) is 9.48. The van der Waals surface area contributed by atoms with Gasteiger partial charge in [0.1, 0.15) is 40.7 Å². The van der Waals surface area contributed by atoms with Gasteiger partial charge in [0.05, 0.1) is 18.2 Å². The van der Waals surface area contributed by atoms with E-state index in [0.29, 0.717) is 12.0 Å². The van der Waals surface area contributed by atoms with E-state index >= 15 is 0 Å². The molecule has 2 saturated heterocycles. The van der Waals surface area contributed by atoms with E-state index in [2.05, 4.69) is 10.6 Å². The van der Waals surface area contributed by atoms with E-state index in [1.807, 2.05) is 6.92 Å². The van der Waals surface area contributed by atoms with E-state index in [1.165, 1.54) is 24.1 Å². The van der Waals surface area contributed by atoms with Crippen molar-refractivity contribution in [3.8, 4) is 5.75 Å². The third kappa shape index (κ3) is 6.83. The molecular formula is C30H40ClN3O9. The van der Waals surface area contributed by atoms with Crippen molar-refractivity contribution < 1.29 is 43.9 Å². The van der Waals surface area contributed by atoms with Crippen LogP contribution in [-0.4, -0.2) is 89.2 Å². The van der Waals surface area contributed by atoms with Crippen molar-refractivity contribution in [2.24, 2.45) is 5.92 Å². The Hall–Kier alpha value is -3.16. The van der Waals surface area contributed by atoms with Crippen molar-refractivity contribution >= 4 is 35.3 Å². The molecule has 1 aromatic carbocycles. The van der Waals surface area contributed by atoms with E-state index in [9.17, 15) is 29.7 Å². The number of hydrogen-bond donors (Lipinski definition) is 5. The average Bonchev–Trinajstić information content (AvgIpc) is 3.64. The number of ether oxygens (including phenoxy) is 3. The molecule has 4 rings (SSSR count). The highest BCUT2D eigenvalue weighted by Crippen LogP contribution is 2.49. The first-order chi connectivity index (χ1) is 20.1. The second-order valence-electron chi connectivity index (χ2n) is 11.8. The summed E-state index contributed by atoms with van der Waals surface area (Å²) in [7, 11) is 3.12. The molecule has 3 heterocycles. The zero-order chi connectivity index (χ0) is 31.9. The summed E-state index contributed by atoms with van der Waals surface area (Å²) >= 11 is 6.42. The van der Waals surface area contributed by atoms with Gasteiger partial charge in [-0.2, -0.15) is 0 Å². The van der Waals surface area contributed by atoms with Gasteiger partial charge in [0.15, 0.2) is 5.72 Å². The first kappa shape index (κ1) is 32.7. The zero-order valence-corrected chi connectivity index (χ0v) is 25.8. The highest BCUT2D eigenvalue weighted by molar-refractivity contribution is 6.35. The topological polar surface area (TPSA) is 170 Å². The molecular weight excluding hydrogens is 582 g/mol. The molecule has 0 saturated carbocycles. The molecule has 2 fully saturated rings. The minimum absolute atomic E-state index is 0.0114. The van der Waals surface area contributed by atoms with Gasteiger partial charge in [0.25, 0.3) is 0 Å². The van der Waals surface area contributed by atoms with Crippen molar-refractivity contribution in [3.63, 3.8) is 0 Å². The Balaban J connectivity index is 1.76. The maximum atomic E-state index is 13.7. The number of epoxide rings is 1. The third-order valence-electron chi connectivity index (χ3n) is 8.56. The lowest BCUT2D eigenvalue weighted by atomic mass is 9.83. The number of nitrogens with one attached hydrogen (secondary N) is 2. The number of aliphatic hydroxyl groups is 2. The molecule has 0 aliphatic carbocycles. The van der Waals surface area contributed by atoms with Crippen LogP contribution in [0.15, 0.2) is 35.9 Å². The largest absolute Gasteiger partial charge is 0.506 e. The molecule has 8 unspecified atom stereocenters. The van der Waals surface area contributed by atoms with Gasteiger partial charge in [-0.05, 0) is 51.9 Å². The zero-order valence-electron chi connectivity index (χ0n) is 25.1. The number of benzene rings is 1. The normalized spacial score (nSPS) is 35.9. The average molecular weight is 622 g/mol. The van der Waals surface area contributed by atoms with Gasteiger partial charge in [-0.15, -0.1) is 0 Å². The molecule has 13 heteroatoms. The molecule has 8 atom stereocenters. The molecule has 3 aliphatic heterocycles. The van der Waals surface area contributed by atoms with E-state index in [0.717, 1.165) is 5.57 Å². The second kappa shape index (κ2) is 12.4. The predicted molar refractivity (Wildman–Crippen MR) is 158 cm³/mol. The van der Waals surface area contributed by atoms with Crippen LogP contribution in [0.5, 0.6) is 5.75 Å². The molecule has 0 spiro atoms. The maximum Gasteiger partial charge on any atom is 0.409 e. The summed E-state index contributed by atoms with van der Waals surface area (Å²) < 4.78 is 17.4. The number of aromatic hydroxyl groups is 1. The highest BCUT2D eigenvalue weighted by Gasteiger charge is 2.64. The lowest BCUT2D eigenvalue weighted by Gasteiger charge is -2.41. The van der Waals surface area contributed by atoms with Crippen LogP contribution in [0.1, 0.15) is 46.1 Å². The minimum atomic E-state index is -2.02. The number of phenolic OH excluding ortho intramolecular Hbond substituents is 1. The van der Waals surface area contributed by atoms with Gasteiger partial charge < -0.3 is 39.7 Å². The van der Waals surface area contributed by atoms with E-state index < -0.39 is 65.7 Å². The van der Waals surface area contributed by atoms with Gasteiger partial charge in [-0.25, -0.2) is 4.79 Å². The molecule has 0 radical (unpaired) electrons. The summed E-state index contributed by atoms with van der Waals surface area (Å²) in [5, 5.41) is 37.8. The van der Waals surface area contributed by atoms with Gasteiger partial charge >= 0.3 is 12.1 Å². The number of nitrogens with zero attached hydrogens (tertiary/aromatic N) is 1. The number of rotatable bonds is 3. The number of carbonyl (C=O) groups is 3. The number of fused-ring (bicyclic) bond motifs is 5. The molecule has 1 aromatic rings. The second-order valence-corrected chi connectivity index (χ2v) is 12.2. The van der Waals surface area contributed by atoms with Crippen LogP contribution >= 0.6 is 11.6 Å².